The normalized spacial score (nSPS) is 24.2. The summed E-state index contributed by atoms with van der Waals surface area (Å²) in [5.74, 6) is 0. The van der Waals surface area contributed by atoms with Gasteiger partial charge in [0.25, 0.3) is 0 Å². The maximum atomic E-state index is 5.84. The quantitative estimate of drug-likeness (QED) is 0.716. The monoisotopic (exact) mass is 216 g/mol. The van der Waals surface area contributed by atoms with E-state index >= 15 is 0 Å². The number of aromatic nitrogens is 1. The maximum absolute atomic E-state index is 5.84. The van der Waals surface area contributed by atoms with Gasteiger partial charge in [0.2, 0.25) is 0 Å². The van der Waals surface area contributed by atoms with Gasteiger partial charge in [0, 0.05) is 6.54 Å². The van der Waals surface area contributed by atoms with Crippen molar-refractivity contribution in [1.82, 2.24) is 4.98 Å². The van der Waals surface area contributed by atoms with Crippen molar-refractivity contribution in [2.75, 3.05) is 24.7 Å². The minimum absolute atomic E-state index is 0.279. The van der Waals surface area contributed by atoms with Gasteiger partial charge in [-0.15, -0.1) is 0 Å². The van der Waals surface area contributed by atoms with Crippen LogP contribution in [0, 0.1) is 0 Å². The molecule has 0 unspecified atom stereocenters. The summed E-state index contributed by atoms with van der Waals surface area (Å²) in [6, 6.07) is 0. The average molecular weight is 217 g/mol. The van der Waals surface area contributed by atoms with E-state index in [1.165, 1.54) is 6.42 Å². The molecule has 2 fully saturated rings. The molecule has 0 amide bonds. The molecule has 0 bridgehead atoms. The van der Waals surface area contributed by atoms with Crippen LogP contribution >= 0.6 is 22.9 Å². The molecule has 0 saturated carbocycles. The van der Waals surface area contributed by atoms with Crippen LogP contribution in [-0.4, -0.2) is 30.3 Å². The van der Waals surface area contributed by atoms with Crippen LogP contribution in [0.1, 0.15) is 6.42 Å². The van der Waals surface area contributed by atoms with Gasteiger partial charge in [-0.2, -0.15) is 0 Å². The fourth-order valence-corrected chi connectivity index (χ4v) is 2.88. The van der Waals surface area contributed by atoms with Crippen molar-refractivity contribution in [3.8, 4) is 0 Å². The highest BCUT2D eigenvalue weighted by Crippen LogP contribution is 2.42. The van der Waals surface area contributed by atoms with Gasteiger partial charge in [-0.3, -0.25) is 0 Å². The lowest BCUT2D eigenvalue weighted by Crippen LogP contribution is -2.71. The Hall–Kier alpha value is -0.320. The smallest absolute Gasteiger partial charge is 0.187 e. The molecule has 13 heavy (non-hydrogen) atoms. The minimum Gasteiger partial charge on any atom is -0.376 e. The molecule has 70 valence electrons. The van der Waals surface area contributed by atoms with E-state index in [0.717, 1.165) is 29.2 Å². The molecule has 0 atom stereocenters. The first-order valence-corrected chi connectivity index (χ1v) is 5.46. The average Bonchev–Trinajstić information content (AvgIpc) is 2.30. The van der Waals surface area contributed by atoms with Crippen molar-refractivity contribution in [3.05, 3.63) is 10.5 Å². The Kier molecular flexibility index (Phi) is 1.60. The van der Waals surface area contributed by atoms with E-state index in [9.17, 15) is 0 Å². The summed E-state index contributed by atoms with van der Waals surface area (Å²) in [5, 5.41) is 1.04. The van der Waals surface area contributed by atoms with Gasteiger partial charge in [-0.25, -0.2) is 4.98 Å². The van der Waals surface area contributed by atoms with Crippen LogP contribution in [-0.2, 0) is 4.74 Å². The molecule has 0 N–H and O–H groups in total. The maximum Gasteiger partial charge on any atom is 0.187 e. The third-order valence-corrected chi connectivity index (χ3v) is 3.95. The number of ether oxygens (including phenoxy) is 1. The third kappa shape index (κ3) is 1.02. The molecule has 2 aliphatic rings. The first kappa shape index (κ1) is 8.03. The lowest BCUT2D eigenvalue weighted by atomic mass is 9.83. The van der Waals surface area contributed by atoms with Gasteiger partial charge in [0.15, 0.2) is 5.13 Å². The van der Waals surface area contributed by atoms with Crippen LogP contribution in [0.2, 0.25) is 4.34 Å². The summed E-state index contributed by atoms with van der Waals surface area (Å²) in [4.78, 5) is 6.58. The van der Waals surface area contributed by atoms with Crippen LogP contribution in [0.15, 0.2) is 6.20 Å². The summed E-state index contributed by atoms with van der Waals surface area (Å²) in [5.41, 5.74) is 0.279. The van der Waals surface area contributed by atoms with Crippen LogP contribution in [0.25, 0.3) is 0 Å². The fourth-order valence-electron chi connectivity index (χ4n) is 1.85. The van der Waals surface area contributed by atoms with Crippen LogP contribution in [0.5, 0.6) is 0 Å². The Morgan fingerprint density at radius 2 is 2.46 bits per heavy atom. The topological polar surface area (TPSA) is 25.4 Å². The number of hydrogen-bond acceptors (Lipinski definition) is 4. The summed E-state index contributed by atoms with van der Waals surface area (Å²) in [6.07, 6.45) is 2.94. The zero-order chi connectivity index (χ0) is 8.89. The van der Waals surface area contributed by atoms with Crippen molar-refractivity contribution >= 4 is 28.1 Å². The largest absolute Gasteiger partial charge is 0.376 e. The molecular weight excluding hydrogens is 208 g/mol. The lowest BCUT2D eigenvalue weighted by molar-refractivity contribution is -0.0847. The van der Waals surface area contributed by atoms with Gasteiger partial charge in [0.1, 0.15) is 4.34 Å². The van der Waals surface area contributed by atoms with Crippen LogP contribution < -0.4 is 4.90 Å². The molecule has 1 aromatic heterocycles. The molecular formula is C8H9ClN2OS. The molecule has 3 nitrogen and oxygen atoms in total. The van der Waals surface area contributed by atoms with E-state index in [1.54, 1.807) is 17.5 Å². The number of rotatable bonds is 1. The van der Waals surface area contributed by atoms with E-state index < -0.39 is 0 Å². The van der Waals surface area contributed by atoms with Crippen molar-refractivity contribution in [3.63, 3.8) is 0 Å². The summed E-state index contributed by atoms with van der Waals surface area (Å²) in [6.45, 7) is 2.79. The molecule has 3 heterocycles. The van der Waals surface area contributed by atoms with Gasteiger partial charge in [-0.05, 0) is 6.42 Å². The SMILES string of the molecule is Clc1cnc(N2CCC23COC3)s1. The highest BCUT2D eigenvalue weighted by atomic mass is 35.5. The van der Waals surface area contributed by atoms with Crippen LogP contribution in [0.3, 0.4) is 0 Å². The van der Waals surface area contributed by atoms with E-state index in [2.05, 4.69) is 9.88 Å². The minimum atomic E-state index is 0.279. The van der Waals surface area contributed by atoms with E-state index in [4.69, 9.17) is 16.3 Å². The Morgan fingerprint density at radius 1 is 1.62 bits per heavy atom. The zero-order valence-electron chi connectivity index (χ0n) is 6.99. The van der Waals surface area contributed by atoms with Crippen molar-refractivity contribution in [1.29, 1.82) is 0 Å². The first-order chi connectivity index (χ1) is 6.30. The Labute approximate surface area is 85.3 Å². The van der Waals surface area contributed by atoms with Crippen molar-refractivity contribution in [2.45, 2.75) is 12.0 Å². The van der Waals surface area contributed by atoms with E-state index in [0.29, 0.717) is 0 Å². The molecule has 1 spiro atoms. The molecule has 0 aromatic carbocycles. The summed E-state index contributed by atoms with van der Waals surface area (Å²) >= 11 is 7.39. The Balaban J connectivity index is 1.86. The number of thiazole rings is 1. The second-order valence-electron chi connectivity index (χ2n) is 3.57. The molecule has 1 aromatic rings. The van der Waals surface area contributed by atoms with E-state index in [-0.39, 0.29) is 5.54 Å². The van der Waals surface area contributed by atoms with Gasteiger partial charge in [0.05, 0.1) is 24.9 Å². The Bertz CT molecular complexity index is 331. The number of anilines is 1. The molecule has 5 heteroatoms. The number of hydrogen-bond donors (Lipinski definition) is 0. The van der Waals surface area contributed by atoms with Gasteiger partial charge >= 0.3 is 0 Å². The van der Waals surface area contributed by atoms with Gasteiger partial charge in [-0.1, -0.05) is 22.9 Å². The van der Waals surface area contributed by atoms with Crippen molar-refractivity contribution < 1.29 is 4.74 Å². The highest BCUT2D eigenvalue weighted by molar-refractivity contribution is 7.19. The third-order valence-electron chi connectivity index (χ3n) is 2.81. The molecule has 0 aliphatic carbocycles. The fraction of sp³-hybridized carbons (Fsp3) is 0.625. The second-order valence-corrected chi connectivity index (χ2v) is 5.21. The number of halogens is 1. The molecule has 2 aliphatic heterocycles. The van der Waals surface area contributed by atoms with E-state index in [1.807, 2.05) is 0 Å². The van der Waals surface area contributed by atoms with Crippen molar-refractivity contribution in [2.24, 2.45) is 0 Å². The molecule has 0 radical (unpaired) electrons. The zero-order valence-corrected chi connectivity index (χ0v) is 8.57. The standard InChI is InChI=1S/C8H9ClN2OS/c9-6-3-10-7(13-6)11-2-1-8(11)4-12-5-8/h3H,1-2,4-5H2. The summed E-state index contributed by atoms with van der Waals surface area (Å²) in [7, 11) is 0. The lowest BCUT2D eigenvalue weighted by Gasteiger charge is -2.57. The predicted octanol–water partition coefficient (Wildman–Crippen LogP) is 1.78. The highest BCUT2D eigenvalue weighted by Gasteiger charge is 2.51. The first-order valence-electron chi connectivity index (χ1n) is 4.27. The summed E-state index contributed by atoms with van der Waals surface area (Å²) < 4.78 is 6.00. The van der Waals surface area contributed by atoms with Gasteiger partial charge < -0.3 is 9.64 Å². The number of nitrogens with zero attached hydrogens (tertiary/aromatic N) is 2. The van der Waals surface area contributed by atoms with Crippen LogP contribution in [0.4, 0.5) is 5.13 Å². The Morgan fingerprint density at radius 3 is 2.85 bits per heavy atom. The molecule has 3 rings (SSSR count). The second kappa shape index (κ2) is 2.59. The predicted molar refractivity (Wildman–Crippen MR) is 52.6 cm³/mol. The molecule has 2 saturated heterocycles.